The minimum absolute atomic E-state index is 0.0353. The molecule has 1 aliphatic rings. The molecule has 20 heavy (non-hydrogen) atoms. The van der Waals surface area contributed by atoms with E-state index in [4.69, 9.17) is 13.7 Å². The molecule has 0 atom stereocenters. The van der Waals surface area contributed by atoms with Crippen molar-refractivity contribution in [1.82, 2.24) is 0 Å². The summed E-state index contributed by atoms with van der Waals surface area (Å²) >= 11 is 0. The second kappa shape index (κ2) is 7.17. The fourth-order valence-corrected chi connectivity index (χ4v) is 2.87. The zero-order chi connectivity index (χ0) is 14.4. The molecule has 0 radical (unpaired) electrons. The summed E-state index contributed by atoms with van der Waals surface area (Å²) < 4.78 is 39.5. The quantitative estimate of drug-likeness (QED) is 0.593. The third-order valence-electron chi connectivity index (χ3n) is 3.15. The van der Waals surface area contributed by atoms with E-state index in [0.717, 1.165) is 18.4 Å². The summed E-state index contributed by atoms with van der Waals surface area (Å²) in [6.07, 6.45) is 1.85. The summed E-state index contributed by atoms with van der Waals surface area (Å²) in [6.45, 7) is 3.61. The van der Waals surface area contributed by atoms with Crippen molar-refractivity contribution in [2.45, 2.75) is 30.8 Å². The van der Waals surface area contributed by atoms with E-state index < -0.39 is 10.1 Å². The molecule has 0 aromatic heterocycles. The zero-order valence-electron chi connectivity index (χ0n) is 11.6. The van der Waals surface area contributed by atoms with Crippen LogP contribution in [0.1, 0.15) is 18.4 Å². The third-order valence-corrected chi connectivity index (χ3v) is 4.48. The molecule has 1 aromatic rings. The van der Waals surface area contributed by atoms with Gasteiger partial charge in [-0.15, -0.1) is 0 Å². The molecular formula is C14H20O5S. The van der Waals surface area contributed by atoms with Gasteiger partial charge in [-0.1, -0.05) is 17.7 Å². The van der Waals surface area contributed by atoms with Crippen molar-refractivity contribution < 1.29 is 22.1 Å². The lowest BCUT2D eigenvalue weighted by Gasteiger charge is -2.22. The Balaban J connectivity index is 1.76. The van der Waals surface area contributed by atoms with Crippen LogP contribution in [-0.4, -0.2) is 40.9 Å². The summed E-state index contributed by atoms with van der Waals surface area (Å²) in [6, 6.07) is 6.58. The van der Waals surface area contributed by atoms with Gasteiger partial charge in [-0.05, 0) is 31.9 Å². The molecule has 0 unspecified atom stereocenters. The first kappa shape index (κ1) is 15.4. The molecule has 1 saturated heterocycles. The Labute approximate surface area is 120 Å². The van der Waals surface area contributed by atoms with Crippen molar-refractivity contribution in [1.29, 1.82) is 0 Å². The highest BCUT2D eigenvalue weighted by Gasteiger charge is 2.16. The molecule has 0 aliphatic carbocycles. The first-order valence-corrected chi connectivity index (χ1v) is 8.14. The van der Waals surface area contributed by atoms with Gasteiger partial charge >= 0.3 is 0 Å². The summed E-state index contributed by atoms with van der Waals surface area (Å²) in [5.41, 5.74) is 1.01. The van der Waals surface area contributed by atoms with Crippen LogP contribution in [0, 0.1) is 6.92 Å². The number of rotatable bonds is 6. The summed E-state index contributed by atoms with van der Waals surface area (Å²) in [5.74, 6) is 0. The van der Waals surface area contributed by atoms with E-state index in [1.54, 1.807) is 24.3 Å². The van der Waals surface area contributed by atoms with E-state index >= 15 is 0 Å². The van der Waals surface area contributed by atoms with Crippen molar-refractivity contribution in [2.75, 3.05) is 26.4 Å². The molecule has 2 rings (SSSR count). The summed E-state index contributed by atoms with van der Waals surface area (Å²) in [4.78, 5) is 0.175. The van der Waals surface area contributed by atoms with Crippen LogP contribution in [0.4, 0.5) is 0 Å². The summed E-state index contributed by atoms with van der Waals surface area (Å²) in [7, 11) is -3.68. The maximum Gasteiger partial charge on any atom is 0.297 e. The molecule has 0 bridgehead atoms. The maximum atomic E-state index is 11.9. The molecule has 1 fully saturated rings. The van der Waals surface area contributed by atoms with Crippen molar-refractivity contribution in [3.8, 4) is 0 Å². The van der Waals surface area contributed by atoms with Crippen LogP contribution in [0.3, 0.4) is 0 Å². The Morgan fingerprint density at radius 2 is 1.80 bits per heavy atom. The maximum absolute atomic E-state index is 11.9. The highest BCUT2D eigenvalue weighted by Crippen LogP contribution is 2.14. The number of benzene rings is 1. The van der Waals surface area contributed by atoms with Gasteiger partial charge in [-0.3, -0.25) is 4.18 Å². The second-order valence-electron chi connectivity index (χ2n) is 4.77. The molecular weight excluding hydrogens is 280 g/mol. The van der Waals surface area contributed by atoms with Gasteiger partial charge in [0.1, 0.15) is 0 Å². The predicted octanol–water partition coefficient (Wildman–Crippen LogP) is 1.90. The second-order valence-corrected chi connectivity index (χ2v) is 6.39. The Hall–Kier alpha value is -0.950. The lowest BCUT2D eigenvalue weighted by Crippen LogP contribution is -2.25. The first-order valence-electron chi connectivity index (χ1n) is 6.73. The highest BCUT2D eigenvalue weighted by atomic mass is 32.2. The zero-order valence-corrected chi connectivity index (χ0v) is 12.4. The number of hydrogen-bond donors (Lipinski definition) is 0. The lowest BCUT2D eigenvalue weighted by atomic mass is 10.2. The Morgan fingerprint density at radius 3 is 2.45 bits per heavy atom. The largest absolute Gasteiger partial charge is 0.381 e. The molecule has 1 aliphatic heterocycles. The average molecular weight is 300 g/mol. The van der Waals surface area contributed by atoms with E-state index in [1.807, 2.05) is 6.92 Å². The van der Waals surface area contributed by atoms with Gasteiger partial charge in [0.2, 0.25) is 0 Å². The van der Waals surface area contributed by atoms with Gasteiger partial charge in [0.15, 0.2) is 0 Å². The van der Waals surface area contributed by atoms with Crippen molar-refractivity contribution >= 4 is 10.1 Å². The molecule has 6 heteroatoms. The molecule has 1 aromatic carbocycles. The lowest BCUT2D eigenvalue weighted by molar-refractivity contribution is -0.0384. The number of aryl methyl sites for hydroxylation is 1. The molecule has 5 nitrogen and oxygen atoms in total. The molecule has 0 spiro atoms. The summed E-state index contributed by atoms with van der Waals surface area (Å²) in [5, 5.41) is 0. The van der Waals surface area contributed by atoms with E-state index in [9.17, 15) is 8.42 Å². The van der Waals surface area contributed by atoms with Crippen LogP contribution in [0.2, 0.25) is 0 Å². The fourth-order valence-electron chi connectivity index (χ4n) is 1.97. The van der Waals surface area contributed by atoms with E-state index in [0.29, 0.717) is 13.2 Å². The molecule has 0 N–H and O–H groups in total. The highest BCUT2D eigenvalue weighted by molar-refractivity contribution is 7.86. The predicted molar refractivity (Wildman–Crippen MR) is 74.1 cm³/mol. The van der Waals surface area contributed by atoms with Crippen molar-refractivity contribution in [2.24, 2.45) is 0 Å². The molecule has 1 heterocycles. The van der Waals surface area contributed by atoms with Crippen LogP contribution < -0.4 is 0 Å². The van der Waals surface area contributed by atoms with Crippen molar-refractivity contribution in [3.05, 3.63) is 29.8 Å². The first-order chi connectivity index (χ1) is 9.58. The minimum Gasteiger partial charge on any atom is -0.381 e. The average Bonchev–Trinajstić information content (AvgIpc) is 2.45. The van der Waals surface area contributed by atoms with Crippen LogP contribution in [-0.2, 0) is 23.8 Å². The molecule has 0 amide bonds. The van der Waals surface area contributed by atoms with E-state index in [-0.39, 0.29) is 24.2 Å². The standard InChI is InChI=1S/C14H20O5S/c1-12-2-4-14(5-3-12)20(15,16)19-11-10-18-13-6-8-17-9-7-13/h2-5,13H,6-11H2,1H3. The van der Waals surface area contributed by atoms with Gasteiger partial charge in [-0.25, -0.2) is 0 Å². The smallest absolute Gasteiger partial charge is 0.297 e. The van der Waals surface area contributed by atoms with E-state index in [1.165, 1.54) is 0 Å². The Bertz CT molecular complexity index is 503. The monoisotopic (exact) mass is 300 g/mol. The van der Waals surface area contributed by atoms with Crippen LogP contribution in [0.15, 0.2) is 29.2 Å². The van der Waals surface area contributed by atoms with Gasteiger partial charge in [0.25, 0.3) is 10.1 Å². The normalized spacial score (nSPS) is 17.2. The van der Waals surface area contributed by atoms with Crippen LogP contribution >= 0.6 is 0 Å². The van der Waals surface area contributed by atoms with Crippen molar-refractivity contribution in [3.63, 3.8) is 0 Å². The Morgan fingerprint density at radius 1 is 1.15 bits per heavy atom. The number of ether oxygens (including phenoxy) is 2. The van der Waals surface area contributed by atoms with Crippen LogP contribution in [0.25, 0.3) is 0 Å². The Kier molecular flexibility index (Phi) is 5.54. The molecule has 112 valence electrons. The minimum atomic E-state index is -3.68. The van der Waals surface area contributed by atoms with E-state index in [2.05, 4.69) is 0 Å². The van der Waals surface area contributed by atoms with Gasteiger partial charge in [0.05, 0.1) is 24.2 Å². The van der Waals surface area contributed by atoms with Gasteiger partial charge in [-0.2, -0.15) is 8.42 Å². The van der Waals surface area contributed by atoms with Gasteiger partial charge < -0.3 is 9.47 Å². The SMILES string of the molecule is Cc1ccc(S(=O)(=O)OCCOC2CCOCC2)cc1. The van der Waals surface area contributed by atoms with Crippen LogP contribution in [0.5, 0.6) is 0 Å². The third kappa shape index (κ3) is 4.56. The van der Waals surface area contributed by atoms with Gasteiger partial charge in [0, 0.05) is 13.2 Å². The topological polar surface area (TPSA) is 61.8 Å². The number of hydrogen-bond acceptors (Lipinski definition) is 5. The molecule has 0 saturated carbocycles. The fraction of sp³-hybridized carbons (Fsp3) is 0.571.